The topological polar surface area (TPSA) is 165 Å². The van der Waals surface area contributed by atoms with E-state index in [-0.39, 0.29) is 105 Å². The van der Waals surface area contributed by atoms with Crippen molar-refractivity contribution in [2.75, 3.05) is 0 Å². The molecule has 0 saturated carbocycles. The number of thiocarbonyl (C=S) groups is 2. The van der Waals surface area contributed by atoms with E-state index in [1.54, 1.807) is 0 Å². The van der Waals surface area contributed by atoms with Crippen molar-refractivity contribution < 1.29 is 112 Å². The SMILES string of the molecule is NC(=S)SC(=O)OC(=O)CC[C@H](N)C(=O)OC(=O)SC(N)=S.[Ce].[Ce]. The molecule has 0 aromatic carbocycles. The normalized spacial score (nSPS) is 10.2. The van der Waals surface area contributed by atoms with Crippen molar-refractivity contribution in [1.82, 2.24) is 0 Å². The number of rotatable bonds is 4. The molecule has 0 heterocycles. The summed E-state index contributed by atoms with van der Waals surface area (Å²) in [5.41, 5.74) is 15.5. The maximum atomic E-state index is 11.4. The molecule has 0 aliphatic carbocycles. The van der Waals surface area contributed by atoms with E-state index < -0.39 is 28.6 Å². The number of ether oxygens (including phenoxy) is 2. The fourth-order valence-electron chi connectivity index (χ4n) is 0.899. The summed E-state index contributed by atoms with van der Waals surface area (Å²) in [6.07, 6.45) is -0.551. The Labute approximate surface area is 223 Å². The van der Waals surface area contributed by atoms with Gasteiger partial charge in [-0.3, -0.25) is 4.79 Å². The van der Waals surface area contributed by atoms with E-state index in [1.807, 2.05) is 0 Å². The number of thioether (sulfide) groups is 2. The third kappa shape index (κ3) is 16.9. The first-order valence-corrected chi connectivity index (χ1v) is 7.77. The van der Waals surface area contributed by atoms with Crippen LogP contribution >= 0.6 is 48.0 Å². The van der Waals surface area contributed by atoms with Crippen LogP contribution in [0.5, 0.6) is 0 Å². The summed E-state index contributed by atoms with van der Waals surface area (Å²) < 4.78 is 8.23. The zero-order valence-corrected chi connectivity index (χ0v) is 21.4. The molecule has 130 valence electrons. The first-order valence-electron chi connectivity index (χ1n) is 5.32. The van der Waals surface area contributed by atoms with Gasteiger partial charge in [0.25, 0.3) is 0 Å². The molecule has 0 bridgehead atoms. The van der Waals surface area contributed by atoms with E-state index >= 15 is 0 Å². The summed E-state index contributed by atoms with van der Waals surface area (Å²) in [5, 5.41) is -2.02. The van der Waals surface area contributed by atoms with Crippen LogP contribution in [0, 0.1) is 83.5 Å². The van der Waals surface area contributed by atoms with Crippen molar-refractivity contribution >= 4 is 79.1 Å². The van der Waals surface area contributed by atoms with Crippen LogP contribution < -0.4 is 17.2 Å². The van der Waals surface area contributed by atoms with Crippen LogP contribution in [0.15, 0.2) is 0 Å². The monoisotopic (exact) mass is 665 g/mol. The van der Waals surface area contributed by atoms with E-state index in [2.05, 4.69) is 33.9 Å². The summed E-state index contributed by atoms with van der Waals surface area (Å²) in [5.74, 6) is -1.99. The molecule has 1 atom stereocenters. The third-order valence-corrected chi connectivity index (χ3v) is 3.11. The van der Waals surface area contributed by atoms with Gasteiger partial charge in [0, 0.05) is 113 Å². The average Bonchev–Trinajstić information content (AvgIpc) is 2.33. The van der Waals surface area contributed by atoms with E-state index in [9.17, 15) is 19.2 Å². The van der Waals surface area contributed by atoms with Gasteiger partial charge in [-0.1, -0.05) is 24.4 Å². The molecule has 0 aliphatic rings. The summed E-state index contributed by atoms with van der Waals surface area (Å²) in [6, 6.07) is -1.26. The second-order valence-corrected chi connectivity index (χ2v) is 6.73. The maximum Gasteiger partial charge on any atom is 0.382 e. The number of carbonyl (C=O) groups excluding carboxylic acids is 4. The Morgan fingerprint density at radius 2 is 1.33 bits per heavy atom. The molecule has 0 amide bonds. The molecule has 0 radical (unpaired) electrons. The van der Waals surface area contributed by atoms with Crippen molar-refractivity contribution in [2.24, 2.45) is 17.2 Å². The quantitative estimate of drug-likeness (QED) is 0.215. The molecule has 0 aromatic heterocycles. The third-order valence-electron chi connectivity index (χ3n) is 1.71. The van der Waals surface area contributed by atoms with E-state index in [0.717, 1.165) is 0 Å². The van der Waals surface area contributed by atoms with Gasteiger partial charge >= 0.3 is 22.5 Å². The molecule has 0 spiro atoms. The average molecular weight is 666 g/mol. The first kappa shape index (κ1) is 30.2. The Kier molecular flexibility index (Phi) is 20.9. The molecule has 0 fully saturated rings. The van der Waals surface area contributed by atoms with Crippen LogP contribution in [-0.2, 0) is 19.1 Å². The Balaban J connectivity index is -0.00000220. The number of carbonyl (C=O) groups is 4. The van der Waals surface area contributed by atoms with Gasteiger partial charge in [-0.2, -0.15) is 0 Å². The van der Waals surface area contributed by atoms with Gasteiger partial charge in [0.1, 0.15) is 14.7 Å². The van der Waals surface area contributed by atoms with Gasteiger partial charge < -0.3 is 26.7 Å². The molecule has 0 unspecified atom stereocenters. The summed E-state index contributed by atoms with van der Waals surface area (Å²) in [4.78, 5) is 44.8. The van der Waals surface area contributed by atoms with Crippen molar-refractivity contribution in [3.63, 3.8) is 0 Å². The minimum absolute atomic E-state index is 0. The Hall–Kier alpha value is 1.47. The minimum atomic E-state index is -1.26. The molecule has 0 aromatic rings. The summed E-state index contributed by atoms with van der Waals surface area (Å²) in [6.45, 7) is 0. The smallest absolute Gasteiger partial charge is 0.382 e. The van der Waals surface area contributed by atoms with Crippen molar-refractivity contribution in [3.8, 4) is 0 Å². The Morgan fingerprint density at radius 3 is 1.75 bits per heavy atom. The molecule has 0 rings (SSSR count). The van der Waals surface area contributed by atoms with Gasteiger partial charge in [-0.15, -0.1) is 0 Å². The van der Waals surface area contributed by atoms with Gasteiger partial charge in [-0.05, 0) is 6.42 Å². The molecule has 0 saturated heterocycles. The van der Waals surface area contributed by atoms with Crippen LogP contribution in [0.1, 0.15) is 12.8 Å². The molecule has 15 heteroatoms. The zero-order valence-electron chi connectivity index (χ0n) is 11.8. The molecular weight excluding hydrogens is 655 g/mol. The maximum absolute atomic E-state index is 11.4. The molecule has 24 heavy (non-hydrogen) atoms. The minimum Gasteiger partial charge on any atom is -0.384 e. The van der Waals surface area contributed by atoms with Crippen LogP contribution in [0.2, 0.25) is 0 Å². The Morgan fingerprint density at radius 1 is 0.917 bits per heavy atom. The van der Waals surface area contributed by atoms with E-state index in [1.165, 1.54) is 0 Å². The number of hydrogen-bond donors (Lipinski definition) is 3. The van der Waals surface area contributed by atoms with Gasteiger partial charge in [0.15, 0.2) is 0 Å². The van der Waals surface area contributed by atoms with Gasteiger partial charge in [0.2, 0.25) is 0 Å². The predicted octanol–water partition coefficient (Wildman–Crippen LogP) is 0.374. The second-order valence-electron chi connectivity index (χ2n) is 3.38. The van der Waals surface area contributed by atoms with Crippen LogP contribution in [0.25, 0.3) is 0 Å². The van der Waals surface area contributed by atoms with Crippen LogP contribution in [-0.4, -0.2) is 37.2 Å². The number of hydrogen-bond acceptors (Lipinski definition) is 11. The predicted molar refractivity (Wildman–Crippen MR) is 88.9 cm³/mol. The van der Waals surface area contributed by atoms with E-state index in [4.69, 9.17) is 17.2 Å². The van der Waals surface area contributed by atoms with Crippen LogP contribution in [0.4, 0.5) is 9.59 Å². The van der Waals surface area contributed by atoms with Crippen LogP contribution in [0.3, 0.4) is 0 Å². The largest absolute Gasteiger partial charge is 0.384 e. The van der Waals surface area contributed by atoms with E-state index in [0.29, 0.717) is 23.5 Å². The van der Waals surface area contributed by atoms with Crippen molar-refractivity contribution in [2.45, 2.75) is 18.9 Å². The fourth-order valence-corrected chi connectivity index (χ4v) is 1.89. The first-order chi connectivity index (χ1) is 10.1. The zero-order chi connectivity index (χ0) is 17.3. The Bertz CT molecular complexity index is 522. The summed E-state index contributed by atoms with van der Waals surface area (Å²) in [7, 11) is 0. The second kappa shape index (κ2) is 16.6. The molecule has 0 aliphatic heterocycles. The van der Waals surface area contributed by atoms with Crippen molar-refractivity contribution in [3.05, 3.63) is 0 Å². The molecule has 9 nitrogen and oxygen atoms in total. The van der Waals surface area contributed by atoms with Gasteiger partial charge in [-0.25, -0.2) is 14.4 Å². The molecule has 6 N–H and O–H groups in total. The number of esters is 2. The standard InChI is InChI=1S/C9H11N3O6S4.2Ce/c10-3(5(14)18-9(16)22-7(12)20)1-2-4(13)17-8(15)21-6(11)19;;/h3H,1-2,10H2,(H2,11,19)(H2,12,20);;/t3-;;/m0../s1. The molecular formula is C9H11Ce2N3O6S4. The van der Waals surface area contributed by atoms with Crippen molar-refractivity contribution in [1.29, 1.82) is 0 Å². The number of nitrogens with two attached hydrogens (primary N) is 3. The summed E-state index contributed by atoms with van der Waals surface area (Å²) >= 11 is 9.58. The fraction of sp³-hybridized carbons (Fsp3) is 0.333. The van der Waals surface area contributed by atoms with Gasteiger partial charge in [0.05, 0.1) is 0 Å².